The lowest BCUT2D eigenvalue weighted by molar-refractivity contribution is -0.137. The number of amides is 1. The fraction of sp³-hybridized carbons (Fsp3) is 0.273. The third kappa shape index (κ3) is 6.66. The third-order valence-corrected chi connectivity index (χ3v) is 5.54. The molecule has 0 aromatic heterocycles. The molecule has 0 aliphatic carbocycles. The van der Waals surface area contributed by atoms with E-state index < -0.39 is 11.7 Å². The molecule has 1 saturated heterocycles. The van der Waals surface area contributed by atoms with Gasteiger partial charge in [-0.3, -0.25) is 9.79 Å². The van der Waals surface area contributed by atoms with Gasteiger partial charge in [0.15, 0.2) is 11.5 Å². The maximum absolute atomic E-state index is 12.8. The molecule has 176 valence electrons. The molecule has 0 radical (unpaired) electrons. The van der Waals surface area contributed by atoms with Gasteiger partial charge in [0.1, 0.15) is 11.6 Å². The summed E-state index contributed by atoms with van der Waals surface area (Å²) < 4.78 is 49.6. The van der Waals surface area contributed by atoms with Crippen molar-refractivity contribution in [3.63, 3.8) is 0 Å². The minimum Gasteiger partial charge on any atom is -0.493 e. The predicted molar refractivity (Wildman–Crippen MR) is 124 cm³/mol. The van der Waals surface area contributed by atoms with Gasteiger partial charge in [-0.15, -0.1) is 0 Å². The smallest absolute Gasteiger partial charge is 0.416 e. The molecule has 33 heavy (non-hydrogen) atoms. The summed E-state index contributed by atoms with van der Waals surface area (Å²) in [6.45, 7) is 4.05. The van der Waals surface area contributed by atoms with Crippen LogP contribution in [0, 0.1) is 0 Å². The van der Waals surface area contributed by atoms with Crippen LogP contribution in [-0.4, -0.2) is 37.8 Å². The number of nitrogens with one attached hydrogen (secondary N) is 2. The first-order chi connectivity index (χ1) is 15.7. The quantitative estimate of drug-likeness (QED) is 0.438. The van der Waals surface area contributed by atoms with Crippen LogP contribution >= 0.6 is 23.4 Å². The van der Waals surface area contributed by atoms with Crippen LogP contribution in [0.15, 0.2) is 46.3 Å². The molecule has 1 fully saturated rings. The number of amidine groups is 1. The SMILES string of the molecule is CCNCCN=C1NC(=O)S/C1=C\c1ccc(Oc2ccc(C(F)(F)F)cc2Cl)c(OC)c1. The number of halogens is 4. The van der Waals surface area contributed by atoms with Crippen LogP contribution in [0.25, 0.3) is 6.08 Å². The van der Waals surface area contributed by atoms with Crippen molar-refractivity contribution >= 4 is 40.5 Å². The molecule has 1 amide bonds. The second-order valence-electron chi connectivity index (χ2n) is 6.76. The van der Waals surface area contributed by atoms with Crippen LogP contribution in [0.5, 0.6) is 17.2 Å². The number of nitrogens with zero attached hydrogens (tertiary/aromatic N) is 1. The van der Waals surface area contributed by atoms with Crippen LogP contribution in [0.3, 0.4) is 0 Å². The van der Waals surface area contributed by atoms with E-state index in [1.165, 1.54) is 7.11 Å². The zero-order valence-corrected chi connectivity index (χ0v) is 19.3. The number of carbonyl (C=O) groups is 1. The van der Waals surface area contributed by atoms with E-state index in [0.29, 0.717) is 29.6 Å². The summed E-state index contributed by atoms with van der Waals surface area (Å²) in [6, 6.07) is 7.87. The van der Waals surface area contributed by atoms with Gasteiger partial charge < -0.3 is 20.1 Å². The average Bonchev–Trinajstić information content (AvgIpc) is 3.11. The molecule has 2 N–H and O–H groups in total. The number of aliphatic imine (C=N–C) groups is 1. The molecular formula is C22H21ClF3N3O3S. The zero-order chi connectivity index (χ0) is 24.0. The molecule has 2 aromatic rings. The molecule has 11 heteroatoms. The van der Waals surface area contributed by atoms with Crippen molar-refractivity contribution in [1.82, 2.24) is 10.6 Å². The lowest BCUT2D eigenvalue weighted by Gasteiger charge is -2.14. The molecule has 1 heterocycles. The van der Waals surface area contributed by atoms with Gasteiger partial charge in [-0.1, -0.05) is 24.6 Å². The van der Waals surface area contributed by atoms with Crippen LogP contribution < -0.4 is 20.1 Å². The molecule has 1 aliphatic rings. The van der Waals surface area contributed by atoms with Crippen molar-refractivity contribution in [2.24, 2.45) is 4.99 Å². The van der Waals surface area contributed by atoms with Crippen LogP contribution in [0.4, 0.5) is 18.0 Å². The number of ether oxygens (including phenoxy) is 2. The topological polar surface area (TPSA) is 72.0 Å². The normalized spacial score (nSPS) is 16.4. The number of thioether (sulfide) groups is 1. The highest BCUT2D eigenvalue weighted by Gasteiger charge is 2.31. The summed E-state index contributed by atoms with van der Waals surface area (Å²) in [6.07, 6.45) is -2.72. The number of benzene rings is 2. The van der Waals surface area contributed by atoms with Crippen LogP contribution in [0.2, 0.25) is 5.02 Å². The lowest BCUT2D eigenvalue weighted by Crippen LogP contribution is -2.22. The van der Waals surface area contributed by atoms with Crippen molar-refractivity contribution in [3.8, 4) is 17.2 Å². The summed E-state index contributed by atoms with van der Waals surface area (Å²) in [5, 5.41) is 5.49. The van der Waals surface area contributed by atoms with Crippen molar-refractivity contribution in [2.75, 3.05) is 26.7 Å². The number of likely N-dealkylation sites (N-methyl/N-ethyl adjacent to an activating group) is 1. The van der Waals surface area contributed by atoms with E-state index in [0.717, 1.165) is 42.1 Å². The fourth-order valence-electron chi connectivity index (χ4n) is 2.86. The van der Waals surface area contributed by atoms with Crippen LogP contribution in [-0.2, 0) is 6.18 Å². The highest BCUT2D eigenvalue weighted by molar-refractivity contribution is 8.18. The molecular weight excluding hydrogens is 479 g/mol. The standard InChI is InChI=1S/C22H21ClF3N3O3S/c1-3-27-8-9-28-20-19(33-21(30)29-20)11-13-4-6-17(18(10-13)31-2)32-16-7-5-14(12-15(16)23)22(24,25)26/h4-7,10-12,27H,3,8-9H2,1-2H3,(H,28,29,30)/b19-11-. The Morgan fingerprint density at radius 3 is 2.61 bits per heavy atom. The Hall–Kier alpha value is -2.69. The Morgan fingerprint density at radius 2 is 1.94 bits per heavy atom. The zero-order valence-electron chi connectivity index (χ0n) is 17.8. The lowest BCUT2D eigenvalue weighted by atomic mass is 10.1. The Bertz CT molecular complexity index is 1090. The predicted octanol–water partition coefficient (Wildman–Crippen LogP) is 5.97. The van der Waals surface area contributed by atoms with E-state index in [1.54, 1.807) is 24.3 Å². The van der Waals surface area contributed by atoms with E-state index in [9.17, 15) is 18.0 Å². The largest absolute Gasteiger partial charge is 0.493 e. The minimum atomic E-state index is -4.50. The number of carbonyl (C=O) groups excluding carboxylic acids is 1. The number of hydrogen-bond acceptors (Lipinski definition) is 6. The van der Waals surface area contributed by atoms with E-state index in [2.05, 4.69) is 15.6 Å². The van der Waals surface area contributed by atoms with Gasteiger partial charge in [-0.2, -0.15) is 13.2 Å². The van der Waals surface area contributed by atoms with Crippen molar-refractivity contribution < 1.29 is 27.4 Å². The summed E-state index contributed by atoms with van der Waals surface area (Å²) >= 11 is 7.02. The van der Waals surface area contributed by atoms with Gasteiger partial charge in [-0.05, 0) is 60.3 Å². The molecule has 6 nitrogen and oxygen atoms in total. The molecule has 0 unspecified atom stereocenters. The highest BCUT2D eigenvalue weighted by atomic mass is 35.5. The first-order valence-electron chi connectivity index (χ1n) is 9.90. The van der Waals surface area contributed by atoms with Crippen molar-refractivity contribution in [1.29, 1.82) is 0 Å². The summed E-state index contributed by atoms with van der Waals surface area (Å²) in [4.78, 5) is 16.9. The molecule has 1 aliphatic heterocycles. The number of rotatable bonds is 8. The van der Waals surface area contributed by atoms with Gasteiger partial charge in [-0.25, -0.2) is 0 Å². The molecule has 2 aromatic carbocycles. The highest BCUT2D eigenvalue weighted by Crippen LogP contribution is 2.39. The summed E-state index contributed by atoms with van der Waals surface area (Å²) in [7, 11) is 1.44. The molecule has 0 saturated carbocycles. The molecule has 0 spiro atoms. The average molecular weight is 500 g/mol. The van der Waals surface area contributed by atoms with Gasteiger partial charge in [0, 0.05) is 6.54 Å². The first kappa shape index (κ1) is 24.9. The minimum absolute atomic E-state index is 0.0605. The van der Waals surface area contributed by atoms with Crippen molar-refractivity contribution in [3.05, 3.63) is 57.5 Å². The Morgan fingerprint density at radius 1 is 1.18 bits per heavy atom. The first-order valence-corrected chi connectivity index (χ1v) is 11.1. The summed E-state index contributed by atoms with van der Waals surface area (Å²) in [5.74, 6) is 1.17. The number of alkyl halides is 3. The van der Waals surface area contributed by atoms with E-state index in [1.807, 2.05) is 6.92 Å². The van der Waals surface area contributed by atoms with E-state index in [4.69, 9.17) is 21.1 Å². The third-order valence-electron chi connectivity index (χ3n) is 4.43. The van der Waals surface area contributed by atoms with Gasteiger partial charge in [0.25, 0.3) is 5.24 Å². The maximum Gasteiger partial charge on any atom is 0.416 e. The Balaban J connectivity index is 1.82. The van der Waals surface area contributed by atoms with Crippen LogP contribution in [0.1, 0.15) is 18.1 Å². The van der Waals surface area contributed by atoms with Gasteiger partial charge in [0.05, 0.1) is 29.1 Å². The second kappa shape index (κ2) is 11.0. The Kier molecular flexibility index (Phi) is 8.28. The molecule has 3 rings (SSSR count). The van der Waals surface area contributed by atoms with Crippen molar-refractivity contribution in [2.45, 2.75) is 13.1 Å². The van der Waals surface area contributed by atoms with Gasteiger partial charge in [0.2, 0.25) is 0 Å². The van der Waals surface area contributed by atoms with E-state index >= 15 is 0 Å². The second-order valence-corrected chi connectivity index (χ2v) is 8.18. The monoisotopic (exact) mass is 499 g/mol. The summed E-state index contributed by atoms with van der Waals surface area (Å²) in [5.41, 5.74) is -0.148. The fourth-order valence-corrected chi connectivity index (χ4v) is 3.83. The van der Waals surface area contributed by atoms with E-state index in [-0.39, 0.29) is 21.8 Å². The molecule has 0 bridgehead atoms. The maximum atomic E-state index is 12.8. The number of hydrogen-bond donors (Lipinski definition) is 2. The Labute approximate surface area is 198 Å². The van der Waals surface area contributed by atoms with Gasteiger partial charge >= 0.3 is 6.18 Å². The molecule has 0 atom stereocenters. The number of methoxy groups -OCH3 is 1.